The average molecular weight is 550 g/mol. The van der Waals surface area contributed by atoms with Crippen LogP contribution in [0.4, 0.5) is 13.9 Å². The molecule has 0 radical (unpaired) electrons. The fourth-order valence-corrected chi connectivity index (χ4v) is 7.52. The van der Waals surface area contributed by atoms with Crippen molar-refractivity contribution < 1.29 is 26.7 Å². The van der Waals surface area contributed by atoms with Gasteiger partial charge in [0.15, 0.2) is 5.13 Å². The largest absolute Gasteiger partial charge is 0.376 e. The standard InChI is InChI=1S/C26H29F2N3O4S2/c1-16-12-22-23(13-17(16)2)36-26(29-22)31(15-20-4-3-11-35-20)25(32)18-7-9-30(10-8-18)37(33,34)24-14-19(27)5-6-21(24)28/h5-6,12-14,18,20H,3-4,7-11,15H2,1-2H3. The van der Waals surface area contributed by atoms with E-state index in [1.165, 1.54) is 11.3 Å². The number of amides is 1. The number of ether oxygens (including phenoxy) is 1. The molecule has 0 spiro atoms. The lowest BCUT2D eigenvalue weighted by atomic mass is 9.96. The third kappa shape index (κ3) is 5.27. The maximum atomic E-state index is 14.2. The van der Waals surface area contributed by atoms with Gasteiger partial charge in [0, 0.05) is 25.6 Å². The molecule has 1 amide bonds. The van der Waals surface area contributed by atoms with Crippen LogP contribution in [-0.4, -0.2) is 56.0 Å². The first-order valence-corrected chi connectivity index (χ1v) is 14.6. The van der Waals surface area contributed by atoms with Crippen LogP contribution >= 0.6 is 11.3 Å². The van der Waals surface area contributed by atoms with Crippen molar-refractivity contribution in [3.05, 3.63) is 53.1 Å². The van der Waals surface area contributed by atoms with E-state index in [9.17, 15) is 22.0 Å². The van der Waals surface area contributed by atoms with Gasteiger partial charge in [-0.15, -0.1) is 0 Å². The predicted octanol–water partition coefficient (Wildman–Crippen LogP) is 4.80. The van der Waals surface area contributed by atoms with Gasteiger partial charge in [0.2, 0.25) is 15.9 Å². The molecule has 0 aliphatic carbocycles. The number of fused-ring (bicyclic) bond motifs is 1. The molecular formula is C26H29F2N3O4S2. The Morgan fingerprint density at radius 1 is 1.14 bits per heavy atom. The summed E-state index contributed by atoms with van der Waals surface area (Å²) in [4.78, 5) is 19.6. The lowest BCUT2D eigenvalue weighted by Gasteiger charge is -2.33. The molecule has 1 unspecified atom stereocenters. The fraction of sp³-hybridized carbons (Fsp3) is 0.462. The summed E-state index contributed by atoms with van der Waals surface area (Å²) in [5.41, 5.74) is 3.12. The second-order valence-corrected chi connectivity index (χ2v) is 12.7. The first-order chi connectivity index (χ1) is 17.6. The number of rotatable bonds is 6. The number of piperidine rings is 1. The monoisotopic (exact) mass is 549 g/mol. The van der Waals surface area contributed by atoms with Crippen molar-refractivity contribution in [3.8, 4) is 0 Å². The maximum Gasteiger partial charge on any atom is 0.246 e. The van der Waals surface area contributed by atoms with Crippen molar-refractivity contribution in [2.75, 3.05) is 31.1 Å². The summed E-state index contributed by atoms with van der Waals surface area (Å²) < 4.78 is 61.7. The zero-order chi connectivity index (χ0) is 26.3. The van der Waals surface area contributed by atoms with Crippen LogP contribution in [-0.2, 0) is 19.6 Å². The number of halogens is 2. The van der Waals surface area contributed by atoms with Gasteiger partial charge in [0.05, 0.1) is 22.9 Å². The van der Waals surface area contributed by atoms with E-state index in [1.54, 1.807) is 4.90 Å². The Morgan fingerprint density at radius 2 is 1.86 bits per heavy atom. The number of aromatic nitrogens is 1. The minimum absolute atomic E-state index is 0.0424. The van der Waals surface area contributed by atoms with Crippen molar-refractivity contribution in [2.24, 2.45) is 5.92 Å². The van der Waals surface area contributed by atoms with Crippen LogP contribution in [0.3, 0.4) is 0 Å². The molecule has 37 heavy (non-hydrogen) atoms. The number of carbonyl (C=O) groups excluding carboxylic acids is 1. The van der Waals surface area contributed by atoms with Gasteiger partial charge in [0.25, 0.3) is 0 Å². The minimum atomic E-state index is -4.22. The van der Waals surface area contributed by atoms with Gasteiger partial charge in [0.1, 0.15) is 16.5 Å². The number of hydrogen-bond donors (Lipinski definition) is 0. The van der Waals surface area contributed by atoms with Gasteiger partial charge in [-0.1, -0.05) is 11.3 Å². The van der Waals surface area contributed by atoms with Crippen LogP contribution in [0.15, 0.2) is 35.2 Å². The van der Waals surface area contributed by atoms with Crippen molar-refractivity contribution in [1.82, 2.24) is 9.29 Å². The Bertz CT molecular complexity index is 1390. The Labute approximate surface area is 219 Å². The molecular weight excluding hydrogens is 520 g/mol. The van der Waals surface area contributed by atoms with Gasteiger partial charge in [-0.3, -0.25) is 9.69 Å². The summed E-state index contributed by atoms with van der Waals surface area (Å²) in [5.74, 6) is -2.35. The summed E-state index contributed by atoms with van der Waals surface area (Å²) in [7, 11) is -4.22. The summed E-state index contributed by atoms with van der Waals surface area (Å²) in [6.07, 6.45) is 2.29. The zero-order valence-electron chi connectivity index (χ0n) is 20.7. The van der Waals surface area contributed by atoms with Gasteiger partial charge in [-0.05, 0) is 81.0 Å². The topological polar surface area (TPSA) is 79.8 Å². The number of benzene rings is 2. The van der Waals surface area contributed by atoms with Crippen LogP contribution in [0.2, 0.25) is 0 Å². The molecule has 0 bridgehead atoms. The lowest BCUT2D eigenvalue weighted by molar-refractivity contribution is -0.123. The van der Waals surface area contributed by atoms with E-state index >= 15 is 0 Å². The number of sulfonamides is 1. The number of thiazole rings is 1. The molecule has 2 fully saturated rings. The highest BCUT2D eigenvalue weighted by Gasteiger charge is 2.37. The van der Waals surface area contributed by atoms with Gasteiger partial charge >= 0.3 is 0 Å². The molecule has 2 aliphatic heterocycles. The second-order valence-electron chi connectivity index (χ2n) is 9.74. The molecule has 7 nitrogen and oxygen atoms in total. The molecule has 1 atom stereocenters. The third-order valence-electron chi connectivity index (χ3n) is 7.21. The molecule has 5 rings (SSSR count). The molecule has 198 valence electrons. The highest BCUT2D eigenvalue weighted by Crippen LogP contribution is 2.34. The molecule has 0 saturated carbocycles. The first-order valence-electron chi connectivity index (χ1n) is 12.4. The van der Waals surface area contributed by atoms with Crippen molar-refractivity contribution >= 4 is 42.6 Å². The normalized spacial score (nSPS) is 19.5. The molecule has 2 saturated heterocycles. The molecule has 3 aromatic rings. The molecule has 0 N–H and O–H groups in total. The van der Waals surface area contributed by atoms with Crippen LogP contribution in [0, 0.1) is 31.4 Å². The van der Waals surface area contributed by atoms with Crippen molar-refractivity contribution in [1.29, 1.82) is 0 Å². The van der Waals surface area contributed by atoms with E-state index in [1.807, 2.05) is 19.9 Å². The minimum Gasteiger partial charge on any atom is -0.376 e. The van der Waals surface area contributed by atoms with E-state index in [4.69, 9.17) is 9.72 Å². The second kappa shape index (κ2) is 10.4. The average Bonchev–Trinajstić information content (AvgIpc) is 3.53. The maximum absolute atomic E-state index is 14.2. The Morgan fingerprint density at radius 3 is 2.57 bits per heavy atom. The molecule has 2 aliphatic rings. The van der Waals surface area contributed by atoms with Gasteiger partial charge in [-0.2, -0.15) is 4.31 Å². The lowest BCUT2D eigenvalue weighted by Crippen LogP contribution is -2.46. The third-order valence-corrected chi connectivity index (χ3v) is 10.2. The Hall–Kier alpha value is -2.47. The Balaban J connectivity index is 1.36. The molecule has 1 aromatic heterocycles. The van der Waals surface area contributed by atoms with Crippen LogP contribution in [0.25, 0.3) is 10.2 Å². The van der Waals surface area contributed by atoms with Crippen LogP contribution < -0.4 is 4.90 Å². The molecule has 3 heterocycles. The van der Waals surface area contributed by atoms with E-state index in [-0.39, 0.29) is 37.9 Å². The van der Waals surface area contributed by atoms with Crippen molar-refractivity contribution in [2.45, 2.75) is 50.5 Å². The van der Waals surface area contributed by atoms with E-state index < -0.39 is 32.5 Å². The van der Waals surface area contributed by atoms with Gasteiger partial charge < -0.3 is 4.74 Å². The van der Waals surface area contributed by atoms with Crippen molar-refractivity contribution in [3.63, 3.8) is 0 Å². The van der Waals surface area contributed by atoms with Crippen LogP contribution in [0.1, 0.15) is 36.8 Å². The summed E-state index contributed by atoms with van der Waals surface area (Å²) in [5, 5.41) is 0.609. The molecule has 2 aromatic carbocycles. The highest BCUT2D eigenvalue weighted by molar-refractivity contribution is 7.89. The van der Waals surface area contributed by atoms with E-state index in [2.05, 4.69) is 6.07 Å². The number of nitrogens with zero attached hydrogens (tertiary/aromatic N) is 3. The van der Waals surface area contributed by atoms with E-state index in [0.717, 1.165) is 50.6 Å². The van der Waals surface area contributed by atoms with E-state index in [0.29, 0.717) is 24.3 Å². The Kier molecular flexibility index (Phi) is 7.32. The quantitative estimate of drug-likeness (QED) is 0.441. The number of anilines is 1. The number of hydrogen-bond acceptors (Lipinski definition) is 6. The summed E-state index contributed by atoms with van der Waals surface area (Å²) in [6.45, 7) is 5.21. The first kappa shape index (κ1) is 26.1. The zero-order valence-corrected chi connectivity index (χ0v) is 22.4. The highest BCUT2D eigenvalue weighted by atomic mass is 32.2. The number of aryl methyl sites for hydroxylation is 2. The summed E-state index contributed by atoms with van der Waals surface area (Å²) in [6, 6.07) is 6.49. The van der Waals surface area contributed by atoms with Crippen LogP contribution in [0.5, 0.6) is 0 Å². The fourth-order valence-electron chi connectivity index (χ4n) is 4.91. The van der Waals surface area contributed by atoms with Gasteiger partial charge in [-0.25, -0.2) is 22.2 Å². The number of carbonyl (C=O) groups is 1. The smallest absolute Gasteiger partial charge is 0.246 e. The predicted molar refractivity (Wildman–Crippen MR) is 138 cm³/mol. The summed E-state index contributed by atoms with van der Waals surface area (Å²) >= 11 is 1.46. The molecule has 11 heteroatoms. The SMILES string of the molecule is Cc1cc2nc(N(CC3CCCO3)C(=O)C3CCN(S(=O)(=O)c4cc(F)ccc4F)CC3)sc2cc1C.